The van der Waals surface area contributed by atoms with Gasteiger partial charge in [-0.05, 0) is 36.6 Å². The molecule has 1 aromatic carbocycles. The summed E-state index contributed by atoms with van der Waals surface area (Å²) >= 11 is 1.16. The predicted molar refractivity (Wildman–Crippen MR) is 75.8 cm³/mol. The summed E-state index contributed by atoms with van der Waals surface area (Å²) < 4.78 is 34.5. The van der Waals surface area contributed by atoms with Gasteiger partial charge in [-0.25, -0.2) is 13.8 Å². The van der Waals surface area contributed by atoms with Crippen LogP contribution >= 0.6 is 11.9 Å². The molecule has 3 N–H and O–H groups in total. The zero-order chi connectivity index (χ0) is 14.7. The number of rotatable bonds is 4. The second-order valence-electron chi connectivity index (χ2n) is 4.02. The fourth-order valence-corrected chi connectivity index (χ4v) is 2.20. The number of hydrogen-bond donors (Lipinski definition) is 2. The van der Waals surface area contributed by atoms with Crippen LogP contribution in [0.3, 0.4) is 0 Å². The molecule has 0 saturated heterocycles. The second-order valence-corrected chi connectivity index (χ2v) is 4.87. The molecule has 2 aromatic rings. The van der Waals surface area contributed by atoms with Gasteiger partial charge in [-0.3, -0.25) is 0 Å². The van der Waals surface area contributed by atoms with E-state index in [2.05, 4.69) is 9.71 Å². The SMILES string of the molecule is COc1cc(C)c(SNc2ccc(F)c(N)c2F)cn1. The average Bonchev–Trinajstić information content (AvgIpc) is 2.45. The number of ether oxygens (including phenoxy) is 1. The van der Waals surface area contributed by atoms with Crippen LogP contribution in [0, 0.1) is 18.6 Å². The van der Waals surface area contributed by atoms with Crippen molar-refractivity contribution in [1.29, 1.82) is 0 Å². The van der Waals surface area contributed by atoms with Crippen LogP contribution in [0.4, 0.5) is 20.2 Å². The summed E-state index contributed by atoms with van der Waals surface area (Å²) in [7, 11) is 1.53. The Hall–Kier alpha value is -2.02. The number of methoxy groups -OCH3 is 1. The highest BCUT2D eigenvalue weighted by Crippen LogP contribution is 2.29. The van der Waals surface area contributed by atoms with E-state index < -0.39 is 17.3 Å². The molecule has 2 rings (SSSR count). The van der Waals surface area contributed by atoms with Crippen molar-refractivity contribution in [3.63, 3.8) is 0 Å². The normalized spacial score (nSPS) is 10.4. The molecule has 0 spiro atoms. The molecule has 0 aliphatic heterocycles. The van der Waals surface area contributed by atoms with Gasteiger partial charge in [0.2, 0.25) is 5.88 Å². The summed E-state index contributed by atoms with van der Waals surface area (Å²) in [5, 5.41) is 0. The number of halogens is 2. The molecule has 0 unspecified atom stereocenters. The molecule has 1 aromatic heterocycles. The maximum Gasteiger partial charge on any atom is 0.213 e. The van der Waals surface area contributed by atoms with Gasteiger partial charge in [-0.1, -0.05) is 0 Å². The summed E-state index contributed by atoms with van der Waals surface area (Å²) in [5.41, 5.74) is 5.83. The highest BCUT2D eigenvalue weighted by atomic mass is 32.2. The Morgan fingerprint density at radius 2 is 2.10 bits per heavy atom. The fraction of sp³-hybridized carbons (Fsp3) is 0.154. The number of benzene rings is 1. The molecule has 106 valence electrons. The quantitative estimate of drug-likeness (QED) is 0.669. The van der Waals surface area contributed by atoms with E-state index in [0.717, 1.165) is 28.5 Å². The fourth-order valence-electron chi connectivity index (χ4n) is 1.49. The topological polar surface area (TPSA) is 60.2 Å². The Labute approximate surface area is 119 Å². The Bertz CT molecular complexity index is 637. The molecule has 0 amide bonds. The smallest absolute Gasteiger partial charge is 0.213 e. The van der Waals surface area contributed by atoms with Crippen molar-refractivity contribution in [2.24, 2.45) is 0 Å². The minimum Gasteiger partial charge on any atom is -0.481 e. The molecule has 0 atom stereocenters. The number of aromatic nitrogens is 1. The standard InChI is InChI=1S/C13H13F2N3OS/c1-7-5-11(19-2)17-6-10(7)20-18-9-4-3-8(14)13(16)12(9)15/h3-6,18H,16H2,1-2H3. The van der Waals surface area contributed by atoms with Gasteiger partial charge in [0.15, 0.2) is 5.82 Å². The van der Waals surface area contributed by atoms with E-state index in [4.69, 9.17) is 10.5 Å². The first-order valence-electron chi connectivity index (χ1n) is 5.70. The van der Waals surface area contributed by atoms with Crippen molar-refractivity contribution in [3.8, 4) is 5.88 Å². The minimum atomic E-state index is -0.809. The Kier molecular flexibility index (Phi) is 4.29. The van der Waals surface area contributed by atoms with Crippen LogP contribution in [-0.2, 0) is 0 Å². The molecule has 0 radical (unpaired) electrons. The molecule has 0 aliphatic rings. The second kappa shape index (κ2) is 5.96. The minimum absolute atomic E-state index is 0.115. The van der Waals surface area contributed by atoms with Crippen LogP contribution in [0.25, 0.3) is 0 Å². The molecule has 7 heteroatoms. The van der Waals surface area contributed by atoms with Gasteiger partial charge in [0, 0.05) is 17.2 Å². The van der Waals surface area contributed by atoms with Gasteiger partial charge in [-0.2, -0.15) is 0 Å². The van der Waals surface area contributed by atoms with Crippen molar-refractivity contribution in [2.75, 3.05) is 17.6 Å². The van der Waals surface area contributed by atoms with E-state index in [1.807, 2.05) is 6.92 Å². The predicted octanol–water partition coefficient (Wildman–Crippen LogP) is 3.38. The lowest BCUT2D eigenvalue weighted by molar-refractivity contribution is 0.397. The van der Waals surface area contributed by atoms with Crippen molar-refractivity contribution in [1.82, 2.24) is 4.98 Å². The van der Waals surface area contributed by atoms with Gasteiger partial charge in [0.05, 0.1) is 12.8 Å². The largest absolute Gasteiger partial charge is 0.481 e. The number of nitrogens with one attached hydrogen (secondary N) is 1. The number of nitrogen functional groups attached to an aromatic ring is 1. The van der Waals surface area contributed by atoms with Crippen LogP contribution in [0.1, 0.15) is 5.56 Å². The number of aryl methyl sites for hydroxylation is 1. The summed E-state index contributed by atoms with van der Waals surface area (Å²) in [4.78, 5) is 4.86. The molecule has 0 aliphatic carbocycles. The van der Waals surface area contributed by atoms with Gasteiger partial charge in [0.1, 0.15) is 11.5 Å². The number of nitrogens with zero attached hydrogens (tertiary/aromatic N) is 1. The van der Waals surface area contributed by atoms with Crippen molar-refractivity contribution >= 4 is 23.3 Å². The number of pyridine rings is 1. The van der Waals surface area contributed by atoms with Gasteiger partial charge in [0.25, 0.3) is 0 Å². The third kappa shape index (κ3) is 2.93. The third-order valence-corrected chi connectivity index (χ3v) is 3.61. The van der Waals surface area contributed by atoms with Crippen LogP contribution in [0.5, 0.6) is 5.88 Å². The van der Waals surface area contributed by atoms with Gasteiger partial charge >= 0.3 is 0 Å². The lowest BCUT2D eigenvalue weighted by Gasteiger charge is -2.10. The van der Waals surface area contributed by atoms with Crippen LogP contribution in [0.15, 0.2) is 29.3 Å². The van der Waals surface area contributed by atoms with Crippen molar-refractivity contribution in [2.45, 2.75) is 11.8 Å². The van der Waals surface area contributed by atoms with E-state index in [1.165, 1.54) is 13.2 Å². The molecule has 0 saturated carbocycles. The molecule has 20 heavy (non-hydrogen) atoms. The Morgan fingerprint density at radius 3 is 2.75 bits per heavy atom. The van der Waals surface area contributed by atoms with E-state index in [9.17, 15) is 8.78 Å². The summed E-state index contributed by atoms with van der Waals surface area (Å²) in [6.45, 7) is 1.88. The summed E-state index contributed by atoms with van der Waals surface area (Å²) in [5.74, 6) is -1.08. The highest BCUT2D eigenvalue weighted by molar-refractivity contribution is 8.00. The molecule has 4 nitrogen and oxygen atoms in total. The van der Waals surface area contributed by atoms with Crippen molar-refractivity contribution < 1.29 is 13.5 Å². The number of nitrogens with two attached hydrogens (primary N) is 1. The summed E-state index contributed by atoms with van der Waals surface area (Å²) in [6, 6.07) is 4.17. The van der Waals surface area contributed by atoms with Gasteiger partial charge in [-0.15, -0.1) is 0 Å². The van der Waals surface area contributed by atoms with E-state index in [1.54, 1.807) is 12.3 Å². The molecular formula is C13H13F2N3OS. The van der Waals surface area contributed by atoms with Crippen LogP contribution in [0.2, 0.25) is 0 Å². The van der Waals surface area contributed by atoms with E-state index in [0.29, 0.717) is 5.88 Å². The maximum atomic E-state index is 13.7. The van der Waals surface area contributed by atoms with Crippen molar-refractivity contribution in [3.05, 3.63) is 41.6 Å². The zero-order valence-corrected chi connectivity index (χ0v) is 11.7. The molecule has 1 heterocycles. The average molecular weight is 297 g/mol. The lowest BCUT2D eigenvalue weighted by atomic mass is 10.2. The number of hydrogen-bond acceptors (Lipinski definition) is 5. The monoisotopic (exact) mass is 297 g/mol. The van der Waals surface area contributed by atoms with Crippen LogP contribution in [-0.4, -0.2) is 12.1 Å². The molecule has 0 fully saturated rings. The zero-order valence-electron chi connectivity index (χ0n) is 10.9. The van der Waals surface area contributed by atoms with E-state index in [-0.39, 0.29) is 5.69 Å². The molecule has 0 bridgehead atoms. The molecular weight excluding hydrogens is 284 g/mol. The Balaban J connectivity index is 2.15. The maximum absolute atomic E-state index is 13.7. The highest BCUT2D eigenvalue weighted by Gasteiger charge is 2.11. The van der Waals surface area contributed by atoms with Crippen LogP contribution < -0.4 is 15.2 Å². The third-order valence-electron chi connectivity index (χ3n) is 2.64. The first-order chi connectivity index (χ1) is 9.52. The van der Waals surface area contributed by atoms with Gasteiger partial charge < -0.3 is 15.2 Å². The Morgan fingerprint density at radius 1 is 1.35 bits per heavy atom. The first kappa shape index (κ1) is 14.4. The van der Waals surface area contributed by atoms with E-state index >= 15 is 0 Å². The lowest BCUT2D eigenvalue weighted by Crippen LogP contribution is -2.00. The summed E-state index contributed by atoms with van der Waals surface area (Å²) in [6.07, 6.45) is 1.61. The number of anilines is 2. The first-order valence-corrected chi connectivity index (χ1v) is 6.51.